The van der Waals surface area contributed by atoms with Crippen molar-refractivity contribution in [2.24, 2.45) is 0 Å². The fraction of sp³-hybridized carbons (Fsp3) is 0.462. The molecule has 0 amide bonds. The summed E-state index contributed by atoms with van der Waals surface area (Å²) in [4.78, 5) is 11.8. The molecule has 0 saturated heterocycles. The van der Waals surface area contributed by atoms with Crippen molar-refractivity contribution >= 4 is 5.78 Å². The summed E-state index contributed by atoms with van der Waals surface area (Å²) in [6.07, 6.45) is 5.05. The van der Waals surface area contributed by atoms with E-state index in [0.717, 1.165) is 36.1 Å². The molecule has 1 aliphatic rings. The number of hydrogen-bond acceptors (Lipinski definition) is 2. The third-order valence-electron chi connectivity index (χ3n) is 2.96. The van der Waals surface area contributed by atoms with Gasteiger partial charge in [-0.2, -0.15) is 0 Å². The van der Waals surface area contributed by atoms with Crippen LogP contribution in [0.2, 0.25) is 0 Å². The van der Waals surface area contributed by atoms with Crippen LogP contribution in [0.4, 0.5) is 0 Å². The maximum atomic E-state index is 11.8. The van der Waals surface area contributed by atoms with E-state index in [2.05, 4.69) is 0 Å². The van der Waals surface area contributed by atoms with E-state index in [0.29, 0.717) is 6.42 Å². The van der Waals surface area contributed by atoms with Gasteiger partial charge >= 0.3 is 0 Å². The quantitative estimate of drug-likeness (QED) is 0.703. The zero-order chi connectivity index (χ0) is 10.7. The summed E-state index contributed by atoms with van der Waals surface area (Å²) >= 11 is 0. The van der Waals surface area contributed by atoms with Crippen LogP contribution in [0, 0.1) is 0 Å². The van der Waals surface area contributed by atoms with Gasteiger partial charge < -0.3 is 4.74 Å². The first kappa shape index (κ1) is 10.2. The highest BCUT2D eigenvalue weighted by Gasteiger charge is 2.14. The minimum absolute atomic E-state index is 0.285. The normalized spacial score (nSPS) is 16.5. The third-order valence-corrected chi connectivity index (χ3v) is 2.96. The van der Waals surface area contributed by atoms with E-state index in [1.807, 2.05) is 18.2 Å². The lowest BCUT2D eigenvalue weighted by molar-refractivity contribution is 0.0976. The van der Waals surface area contributed by atoms with Crippen molar-refractivity contribution in [1.29, 1.82) is 0 Å². The second-order valence-corrected chi connectivity index (χ2v) is 4.01. The Bertz CT molecular complexity index is 369. The van der Waals surface area contributed by atoms with Gasteiger partial charge in [0, 0.05) is 12.0 Å². The number of fused-ring (bicyclic) bond motifs is 1. The molecule has 0 aromatic heterocycles. The number of hydrogen-bond donors (Lipinski definition) is 0. The van der Waals surface area contributed by atoms with Crippen molar-refractivity contribution in [2.45, 2.75) is 32.1 Å². The number of methoxy groups -OCH3 is 1. The van der Waals surface area contributed by atoms with Gasteiger partial charge in [0.25, 0.3) is 0 Å². The summed E-state index contributed by atoms with van der Waals surface area (Å²) < 4.78 is 5.18. The Kier molecular flexibility index (Phi) is 3.05. The maximum Gasteiger partial charge on any atom is 0.163 e. The van der Waals surface area contributed by atoms with E-state index in [-0.39, 0.29) is 5.78 Å². The molecule has 1 aromatic carbocycles. The van der Waals surface area contributed by atoms with Crippen LogP contribution >= 0.6 is 0 Å². The standard InChI is InChI=1S/C13H16O2/c1-15-11-7-8-12-10(9-11)5-3-2-4-6-13(12)14/h7-9H,2-6H2,1H3. The fourth-order valence-corrected chi connectivity index (χ4v) is 2.09. The zero-order valence-electron chi connectivity index (χ0n) is 9.08. The second-order valence-electron chi connectivity index (χ2n) is 4.01. The largest absolute Gasteiger partial charge is 0.497 e. The number of benzene rings is 1. The minimum Gasteiger partial charge on any atom is -0.497 e. The topological polar surface area (TPSA) is 26.3 Å². The molecule has 0 saturated carbocycles. The Morgan fingerprint density at radius 3 is 2.73 bits per heavy atom. The van der Waals surface area contributed by atoms with E-state index in [4.69, 9.17) is 4.74 Å². The Balaban J connectivity index is 2.38. The molecule has 1 aliphatic carbocycles. The first-order valence-electron chi connectivity index (χ1n) is 5.51. The average molecular weight is 204 g/mol. The molecule has 0 spiro atoms. The Morgan fingerprint density at radius 1 is 1.13 bits per heavy atom. The van der Waals surface area contributed by atoms with E-state index < -0.39 is 0 Å². The fourth-order valence-electron chi connectivity index (χ4n) is 2.09. The minimum atomic E-state index is 0.285. The number of aryl methyl sites for hydroxylation is 1. The number of ketones is 1. The highest BCUT2D eigenvalue weighted by Crippen LogP contribution is 2.24. The second kappa shape index (κ2) is 4.47. The van der Waals surface area contributed by atoms with Crippen LogP contribution in [0.5, 0.6) is 5.75 Å². The Hall–Kier alpha value is -1.31. The number of carbonyl (C=O) groups excluding carboxylic acids is 1. The van der Waals surface area contributed by atoms with Gasteiger partial charge in [-0.15, -0.1) is 0 Å². The molecule has 0 unspecified atom stereocenters. The molecule has 1 aromatic rings. The van der Waals surface area contributed by atoms with Crippen molar-refractivity contribution in [3.63, 3.8) is 0 Å². The summed E-state index contributed by atoms with van der Waals surface area (Å²) in [7, 11) is 1.66. The first-order chi connectivity index (χ1) is 7.31. The number of ether oxygens (including phenoxy) is 1. The van der Waals surface area contributed by atoms with E-state index in [1.54, 1.807) is 7.11 Å². The van der Waals surface area contributed by atoms with Gasteiger partial charge in [0.2, 0.25) is 0 Å². The van der Waals surface area contributed by atoms with Crippen molar-refractivity contribution in [3.05, 3.63) is 29.3 Å². The van der Waals surface area contributed by atoms with Crippen LogP contribution < -0.4 is 4.74 Å². The van der Waals surface area contributed by atoms with Crippen molar-refractivity contribution < 1.29 is 9.53 Å². The molecule has 2 heteroatoms. The van der Waals surface area contributed by atoms with Gasteiger partial charge in [-0.25, -0.2) is 0 Å². The molecule has 2 rings (SSSR count). The predicted octanol–water partition coefficient (Wildman–Crippen LogP) is 2.99. The smallest absolute Gasteiger partial charge is 0.163 e. The summed E-state index contributed by atoms with van der Waals surface area (Å²) in [5.74, 6) is 1.13. The van der Waals surface area contributed by atoms with E-state index >= 15 is 0 Å². The summed E-state index contributed by atoms with van der Waals surface area (Å²) in [5, 5.41) is 0. The zero-order valence-corrected chi connectivity index (χ0v) is 9.08. The SMILES string of the molecule is COc1ccc2c(c1)CCCCCC2=O. The van der Waals surface area contributed by atoms with Gasteiger partial charge in [0.1, 0.15) is 5.75 Å². The molecule has 0 N–H and O–H groups in total. The van der Waals surface area contributed by atoms with Gasteiger partial charge in [-0.3, -0.25) is 4.79 Å². The van der Waals surface area contributed by atoms with Crippen LogP contribution in [-0.2, 0) is 6.42 Å². The van der Waals surface area contributed by atoms with Gasteiger partial charge in [0.15, 0.2) is 5.78 Å². The highest BCUT2D eigenvalue weighted by molar-refractivity contribution is 5.97. The lowest BCUT2D eigenvalue weighted by Gasteiger charge is -2.13. The molecule has 0 aliphatic heterocycles. The molecular weight excluding hydrogens is 188 g/mol. The predicted molar refractivity (Wildman–Crippen MR) is 59.5 cm³/mol. The first-order valence-corrected chi connectivity index (χ1v) is 5.51. The molecule has 80 valence electrons. The maximum absolute atomic E-state index is 11.8. The van der Waals surface area contributed by atoms with Crippen LogP contribution in [0.1, 0.15) is 41.6 Å². The Morgan fingerprint density at radius 2 is 1.93 bits per heavy atom. The summed E-state index contributed by atoms with van der Waals surface area (Å²) in [6.45, 7) is 0. The van der Waals surface area contributed by atoms with Crippen LogP contribution in [0.15, 0.2) is 18.2 Å². The monoisotopic (exact) mass is 204 g/mol. The molecule has 2 nitrogen and oxygen atoms in total. The number of rotatable bonds is 1. The average Bonchev–Trinajstić information content (AvgIpc) is 2.25. The molecule has 0 fully saturated rings. The summed E-state index contributed by atoms with van der Waals surface area (Å²) in [6, 6.07) is 5.78. The van der Waals surface area contributed by atoms with Crippen LogP contribution in [-0.4, -0.2) is 12.9 Å². The molecule has 0 heterocycles. The van der Waals surface area contributed by atoms with E-state index in [1.165, 1.54) is 6.42 Å². The third kappa shape index (κ3) is 2.20. The number of Topliss-reactive ketones (excluding diaryl/α,β-unsaturated/α-hetero) is 1. The summed E-state index contributed by atoms with van der Waals surface area (Å²) in [5.41, 5.74) is 2.05. The lowest BCUT2D eigenvalue weighted by Crippen LogP contribution is -2.07. The molecule has 15 heavy (non-hydrogen) atoms. The molecular formula is C13H16O2. The van der Waals surface area contributed by atoms with Crippen molar-refractivity contribution in [2.75, 3.05) is 7.11 Å². The van der Waals surface area contributed by atoms with Crippen molar-refractivity contribution in [1.82, 2.24) is 0 Å². The number of carbonyl (C=O) groups is 1. The molecule has 0 atom stereocenters. The molecule has 0 bridgehead atoms. The van der Waals surface area contributed by atoms with Gasteiger partial charge in [0.05, 0.1) is 7.11 Å². The van der Waals surface area contributed by atoms with Crippen LogP contribution in [0.25, 0.3) is 0 Å². The highest BCUT2D eigenvalue weighted by atomic mass is 16.5. The lowest BCUT2D eigenvalue weighted by atomic mass is 9.92. The van der Waals surface area contributed by atoms with Crippen LogP contribution in [0.3, 0.4) is 0 Å². The van der Waals surface area contributed by atoms with Crippen molar-refractivity contribution in [3.8, 4) is 5.75 Å². The Labute approximate surface area is 90.3 Å². The van der Waals surface area contributed by atoms with Gasteiger partial charge in [-0.1, -0.05) is 6.42 Å². The molecule has 0 radical (unpaired) electrons. The van der Waals surface area contributed by atoms with E-state index in [9.17, 15) is 4.79 Å². The van der Waals surface area contributed by atoms with Gasteiger partial charge in [-0.05, 0) is 43.0 Å².